The van der Waals surface area contributed by atoms with E-state index in [1.807, 2.05) is 35.8 Å². The van der Waals surface area contributed by atoms with Gasteiger partial charge in [-0.1, -0.05) is 12.1 Å². The lowest BCUT2D eigenvalue weighted by Gasteiger charge is -2.18. The summed E-state index contributed by atoms with van der Waals surface area (Å²) in [5, 5.41) is 18.9. The quantitative estimate of drug-likeness (QED) is 0.935. The summed E-state index contributed by atoms with van der Waals surface area (Å²) in [7, 11) is 0. The molecule has 0 fully saturated rings. The number of nitrogens with zero attached hydrogens (tertiary/aromatic N) is 3. The molecule has 6 nitrogen and oxygen atoms in total. The van der Waals surface area contributed by atoms with Gasteiger partial charge in [-0.15, -0.1) is 0 Å². The fourth-order valence-corrected chi connectivity index (χ4v) is 2.54. The monoisotopic (exact) mass is 313 g/mol. The first-order valence-electron chi connectivity index (χ1n) is 7.48. The Kier molecular flexibility index (Phi) is 3.74. The molecule has 6 heteroatoms. The highest BCUT2D eigenvalue weighted by Crippen LogP contribution is 2.26. The lowest BCUT2D eigenvalue weighted by molar-refractivity contribution is 0.0784. The molecule has 1 unspecified atom stereocenters. The van der Waals surface area contributed by atoms with Gasteiger partial charge < -0.3 is 14.6 Å². The average molecular weight is 313 g/mol. The Balaban J connectivity index is 1.59. The van der Waals surface area contributed by atoms with E-state index in [0.29, 0.717) is 24.9 Å². The number of hydrogen-bond donors (Lipinski definition) is 1. The van der Waals surface area contributed by atoms with Gasteiger partial charge in [0.25, 0.3) is 6.01 Å². The molecule has 2 aromatic rings. The highest BCUT2D eigenvalue weighted by Gasteiger charge is 2.28. The van der Waals surface area contributed by atoms with Crippen LogP contribution in [0.2, 0.25) is 0 Å². The normalized spacial score (nSPS) is 16.6. The summed E-state index contributed by atoms with van der Waals surface area (Å²) in [5.74, 6) is 0.723. The largest absolute Gasteiger partial charge is 0.490 e. The smallest absolute Gasteiger partial charge is 0.298 e. The predicted octanol–water partition coefficient (Wildman–Crippen LogP) is 2.13. The number of rotatable bonds is 4. The summed E-state index contributed by atoms with van der Waals surface area (Å²) >= 11 is 0. The van der Waals surface area contributed by atoms with Gasteiger partial charge in [-0.25, -0.2) is 0 Å². The summed E-state index contributed by atoms with van der Waals surface area (Å²) in [6.45, 7) is 6.37. The molecule has 0 radical (unpaired) electrons. The van der Waals surface area contributed by atoms with Crippen molar-refractivity contribution in [1.82, 2.24) is 9.55 Å². The van der Waals surface area contributed by atoms with Crippen molar-refractivity contribution < 1.29 is 14.6 Å². The van der Waals surface area contributed by atoms with Crippen LogP contribution in [0.25, 0.3) is 0 Å². The highest BCUT2D eigenvalue weighted by molar-refractivity contribution is 5.32. The number of ether oxygens (including phenoxy) is 2. The molecule has 0 amide bonds. The predicted molar refractivity (Wildman–Crippen MR) is 83.3 cm³/mol. The molecule has 0 aliphatic carbocycles. The van der Waals surface area contributed by atoms with Crippen LogP contribution < -0.4 is 9.47 Å². The molecule has 1 atom stereocenters. The first-order valence-corrected chi connectivity index (χ1v) is 7.48. The Morgan fingerprint density at radius 2 is 2.13 bits per heavy atom. The van der Waals surface area contributed by atoms with Crippen LogP contribution in [-0.2, 0) is 12.1 Å². The van der Waals surface area contributed by atoms with Crippen molar-refractivity contribution in [1.29, 1.82) is 5.26 Å². The standard InChI is InChI=1S/C17H19N3O3/c1-11-15(8-18)19-16-20(11)9-14(23-16)10-22-13-6-4-12(5-7-13)17(2,3)21/h4-7,14,21H,9-10H2,1-3H3. The molecule has 1 aromatic heterocycles. The SMILES string of the molecule is Cc1c(C#N)nc2n1CC(COc1ccc(C(C)(C)O)cc1)O2. The topological polar surface area (TPSA) is 80.3 Å². The van der Waals surface area contributed by atoms with Gasteiger partial charge in [0.05, 0.1) is 17.8 Å². The molecule has 0 bridgehead atoms. The van der Waals surface area contributed by atoms with Gasteiger partial charge in [0, 0.05) is 0 Å². The first kappa shape index (κ1) is 15.4. The molecular weight excluding hydrogens is 294 g/mol. The lowest BCUT2D eigenvalue weighted by Crippen LogP contribution is -2.24. The molecule has 120 valence electrons. The molecule has 23 heavy (non-hydrogen) atoms. The van der Waals surface area contributed by atoms with Crippen LogP contribution in [0, 0.1) is 18.3 Å². The second kappa shape index (κ2) is 5.60. The van der Waals surface area contributed by atoms with Crippen molar-refractivity contribution in [3.8, 4) is 17.8 Å². The second-order valence-electron chi connectivity index (χ2n) is 6.19. The van der Waals surface area contributed by atoms with Crippen molar-refractivity contribution in [3.63, 3.8) is 0 Å². The maximum atomic E-state index is 9.93. The number of aliphatic hydroxyl groups is 1. The molecular formula is C17H19N3O3. The molecule has 0 saturated heterocycles. The van der Waals surface area contributed by atoms with Crippen LogP contribution in [-0.4, -0.2) is 27.4 Å². The molecule has 0 spiro atoms. The van der Waals surface area contributed by atoms with E-state index < -0.39 is 5.60 Å². The van der Waals surface area contributed by atoms with E-state index in [0.717, 1.165) is 17.0 Å². The fourth-order valence-electron chi connectivity index (χ4n) is 2.54. The highest BCUT2D eigenvalue weighted by atomic mass is 16.6. The third kappa shape index (κ3) is 3.01. The van der Waals surface area contributed by atoms with Gasteiger partial charge in [-0.3, -0.25) is 4.57 Å². The number of benzene rings is 1. The van der Waals surface area contributed by atoms with Gasteiger partial charge >= 0.3 is 0 Å². The summed E-state index contributed by atoms with van der Waals surface area (Å²) in [5.41, 5.74) is 1.20. The van der Waals surface area contributed by atoms with Crippen molar-refractivity contribution >= 4 is 0 Å². The number of hydrogen-bond acceptors (Lipinski definition) is 5. The Bertz CT molecular complexity index is 751. The lowest BCUT2D eigenvalue weighted by atomic mass is 9.99. The third-order valence-corrected chi connectivity index (χ3v) is 3.95. The van der Waals surface area contributed by atoms with Crippen LogP contribution in [0.5, 0.6) is 11.8 Å². The summed E-state index contributed by atoms with van der Waals surface area (Å²) < 4.78 is 13.3. The minimum atomic E-state index is -0.863. The van der Waals surface area contributed by atoms with E-state index in [1.54, 1.807) is 13.8 Å². The summed E-state index contributed by atoms with van der Waals surface area (Å²) in [4.78, 5) is 4.15. The number of nitriles is 1. The molecule has 1 aliphatic heterocycles. The van der Waals surface area contributed by atoms with Crippen molar-refractivity contribution in [2.24, 2.45) is 0 Å². The molecule has 2 heterocycles. The first-order chi connectivity index (χ1) is 10.9. The maximum absolute atomic E-state index is 9.93. The van der Waals surface area contributed by atoms with Crippen LogP contribution in [0.3, 0.4) is 0 Å². The number of aromatic nitrogens is 2. The molecule has 3 rings (SSSR count). The maximum Gasteiger partial charge on any atom is 0.298 e. The fraction of sp³-hybridized carbons (Fsp3) is 0.412. The Morgan fingerprint density at radius 3 is 2.70 bits per heavy atom. The van der Waals surface area contributed by atoms with Crippen LogP contribution in [0.15, 0.2) is 24.3 Å². The van der Waals surface area contributed by atoms with E-state index in [2.05, 4.69) is 11.1 Å². The number of imidazole rings is 1. The van der Waals surface area contributed by atoms with Gasteiger partial charge in [0.15, 0.2) is 11.8 Å². The zero-order chi connectivity index (χ0) is 16.6. The van der Waals surface area contributed by atoms with E-state index in [4.69, 9.17) is 14.7 Å². The van der Waals surface area contributed by atoms with Gasteiger partial charge in [0.2, 0.25) is 0 Å². The van der Waals surface area contributed by atoms with Gasteiger partial charge in [-0.2, -0.15) is 10.2 Å². The molecule has 1 N–H and O–H groups in total. The van der Waals surface area contributed by atoms with Crippen molar-refractivity contribution in [2.45, 2.75) is 39.0 Å². The number of fused-ring (bicyclic) bond motifs is 1. The van der Waals surface area contributed by atoms with E-state index in [1.165, 1.54) is 0 Å². The molecule has 1 aromatic carbocycles. The van der Waals surface area contributed by atoms with Crippen molar-refractivity contribution in [3.05, 3.63) is 41.2 Å². The van der Waals surface area contributed by atoms with Crippen LogP contribution >= 0.6 is 0 Å². The van der Waals surface area contributed by atoms with Crippen molar-refractivity contribution in [2.75, 3.05) is 6.61 Å². The van der Waals surface area contributed by atoms with E-state index in [9.17, 15) is 5.11 Å². The Hall–Kier alpha value is -2.52. The zero-order valence-corrected chi connectivity index (χ0v) is 13.4. The Morgan fingerprint density at radius 1 is 1.43 bits per heavy atom. The van der Waals surface area contributed by atoms with E-state index >= 15 is 0 Å². The zero-order valence-electron chi connectivity index (χ0n) is 13.4. The summed E-state index contributed by atoms with van der Waals surface area (Å²) in [6, 6.07) is 9.89. The van der Waals surface area contributed by atoms with Crippen LogP contribution in [0.4, 0.5) is 0 Å². The second-order valence-corrected chi connectivity index (χ2v) is 6.19. The minimum Gasteiger partial charge on any atom is -0.490 e. The van der Waals surface area contributed by atoms with E-state index in [-0.39, 0.29) is 6.10 Å². The average Bonchev–Trinajstić information content (AvgIpc) is 3.04. The summed E-state index contributed by atoms with van der Waals surface area (Å²) in [6.07, 6.45) is -0.127. The molecule has 0 saturated carbocycles. The van der Waals surface area contributed by atoms with Crippen LogP contribution in [0.1, 0.15) is 30.8 Å². The van der Waals surface area contributed by atoms with Gasteiger partial charge in [-0.05, 0) is 38.5 Å². The Labute approximate surface area is 134 Å². The minimum absolute atomic E-state index is 0.127. The van der Waals surface area contributed by atoms with Gasteiger partial charge in [0.1, 0.15) is 18.4 Å². The third-order valence-electron chi connectivity index (χ3n) is 3.95. The molecule has 1 aliphatic rings.